The average molecular weight is 405 g/mol. The van der Waals surface area contributed by atoms with E-state index in [9.17, 15) is 19.2 Å². The van der Waals surface area contributed by atoms with Gasteiger partial charge < -0.3 is 15.4 Å². The lowest BCUT2D eigenvalue weighted by Gasteiger charge is -2.20. The van der Waals surface area contributed by atoms with Gasteiger partial charge in [0, 0.05) is 0 Å². The molecule has 0 radical (unpaired) electrons. The van der Waals surface area contributed by atoms with Gasteiger partial charge in [-0.2, -0.15) is 4.99 Å². The summed E-state index contributed by atoms with van der Waals surface area (Å²) in [6.07, 6.45) is 0.442. The highest BCUT2D eigenvalue weighted by atomic mass is 32.2. The van der Waals surface area contributed by atoms with E-state index in [2.05, 4.69) is 15.6 Å². The summed E-state index contributed by atoms with van der Waals surface area (Å²) in [5, 5.41) is 5.23. The van der Waals surface area contributed by atoms with Crippen LogP contribution in [-0.2, 0) is 23.9 Å². The highest BCUT2D eigenvalue weighted by Crippen LogP contribution is 2.22. The lowest BCUT2D eigenvalue weighted by Crippen LogP contribution is -2.44. The molecule has 0 spiro atoms. The molecule has 8 nitrogen and oxygen atoms in total. The predicted octanol–water partition coefficient (Wildman–Crippen LogP) is 1.22. The smallest absolute Gasteiger partial charge is 0.328 e. The third-order valence-corrected chi connectivity index (χ3v) is 4.83. The van der Waals surface area contributed by atoms with Gasteiger partial charge in [0.05, 0.1) is 12.9 Å². The summed E-state index contributed by atoms with van der Waals surface area (Å²) in [6, 6.07) is 7.89. The van der Waals surface area contributed by atoms with Crippen molar-refractivity contribution < 1.29 is 23.9 Å². The van der Waals surface area contributed by atoms with Crippen LogP contribution in [0.5, 0.6) is 0 Å². The number of ether oxygens (including phenoxy) is 1. The number of carbonyl (C=O) groups excluding carboxylic acids is 4. The van der Waals surface area contributed by atoms with Crippen LogP contribution in [0.3, 0.4) is 0 Å². The molecule has 150 valence electrons. The number of methoxy groups -OCH3 is 1. The molecule has 2 rings (SSSR count). The van der Waals surface area contributed by atoms with E-state index in [-0.39, 0.29) is 16.8 Å². The summed E-state index contributed by atoms with van der Waals surface area (Å²) < 4.78 is 4.70. The molecular formula is C19H23N3O5S. The molecule has 0 saturated carbocycles. The number of hydrogen-bond acceptors (Lipinski definition) is 6. The normalized spacial score (nSPS) is 17.6. The molecular weight excluding hydrogens is 382 g/mol. The molecule has 0 fully saturated rings. The molecule has 1 aromatic carbocycles. The zero-order valence-electron chi connectivity index (χ0n) is 15.9. The molecule has 1 aliphatic heterocycles. The maximum absolute atomic E-state index is 12.3. The number of nitrogens with one attached hydrogen (secondary N) is 2. The van der Waals surface area contributed by atoms with Gasteiger partial charge in [-0.15, -0.1) is 0 Å². The first kappa shape index (κ1) is 21.6. The molecule has 28 heavy (non-hydrogen) atoms. The van der Waals surface area contributed by atoms with E-state index in [1.807, 2.05) is 13.8 Å². The van der Waals surface area contributed by atoms with Crippen molar-refractivity contribution in [1.29, 1.82) is 0 Å². The van der Waals surface area contributed by atoms with Crippen molar-refractivity contribution in [2.24, 2.45) is 10.9 Å². The SMILES string of the molecule is COC(=O)[C@@H](CC(C)C)NC(=O)CSC1=NC(=O)[C@H](c2ccccc2)C(=O)N1. The first-order valence-corrected chi connectivity index (χ1v) is 9.78. The summed E-state index contributed by atoms with van der Waals surface area (Å²) in [5.41, 5.74) is 0.560. The number of amidine groups is 1. The minimum Gasteiger partial charge on any atom is -0.467 e. The van der Waals surface area contributed by atoms with Crippen molar-refractivity contribution in [3.63, 3.8) is 0 Å². The van der Waals surface area contributed by atoms with Crippen LogP contribution in [0.2, 0.25) is 0 Å². The fourth-order valence-electron chi connectivity index (χ4n) is 2.69. The molecule has 1 aliphatic rings. The third-order valence-electron chi connectivity index (χ3n) is 3.95. The lowest BCUT2D eigenvalue weighted by atomic mass is 9.97. The largest absolute Gasteiger partial charge is 0.467 e. The monoisotopic (exact) mass is 405 g/mol. The molecule has 1 heterocycles. The Hall–Kier alpha value is -2.68. The van der Waals surface area contributed by atoms with Gasteiger partial charge in [0.25, 0.3) is 5.91 Å². The predicted molar refractivity (Wildman–Crippen MR) is 106 cm³/mol. The van der Waals surface area contributed by atoms with Crippen molar-refractivity contribution >= 4 is 40.6 Å². The van der Waals surface area contributed by atoms with E-state index >= 15 is 0 Å². The van der Waals surface area contributed by atoms with Crippen LogP contribution in [-0.4, -0.2) is 47.8 Å². The summed E-state index contributed by atoms with van der Waals surface area (Å²) in [7, 11) is 1.26. The van der Waals surface area contributed by atoms with E-state index in [4.69, 9.17) is 4.74 Å². The second-order valence-corrected chi connectivity index (χ2v) is 7.61. The number of rotatable bonds is 7. The molecule has 0 unspecified atom stereocenters. The molecule has 1 aromatic rings. The number of benzene rings is 1. The van der Waals surface area contributed by atoms with Crippen LogP contribution in [0, 0.1) is 5.92 Å². The first-order valence-electron chi connectivity index (χ1n) is 8.80. The highest BCUT2D eigenvalue weighted by molar-refractivity contribution is 8.14. The Morgan fingerprint density at radius 3 is 2.50 bits per heavy atom. The number of hydrogen-bond donors (Lipinski definition) is 2. The summed E-state index contributed by atoms with van der Waals surface area (Å²) in [5.74, 6) is -2.91. The zero-order valence-corrected chi connectivity index (χ0v) is 16.7. The summed E-state index contributed by atoms with van der Waals surface area (Å²) in [4.78, 5) is 52.4. The van der Waals surface area contributed by atoms with Crippen LogP contribution < -0.4 is 10.6 Å². The van der Waals surface area contributed by atoms with Gasteiger partial charge in [-0.25, -0.2) is 4.79 Å². The minimum atomic E-state index is -0.992. The number of amides is 3. The maximum Gasteiger partial charge on any atom is 0.328 e. The van der Waals surface area contributed by atoms with Crippen LogP contribution in [0.1, 0.15) is 31.7 Å². The molecule has 0 aromatic heterocycles. The topological polar surface area (TPSA) is 114 Å². The van der Waals surface area contributed by atoms with E-state index in [0.717, 1.165) is 11.8 Å². The van der Waals surface area contributed by atoms with E-state index in [1.165, 1.54) is 7.11 Å². The van der Waals surface area contributed by atoms with Gasteiger partial charge in [0.15, 0.2) is 5.17 Å². The Morgan fingerprint density at radius 1 is 1.25 bits per heavy atom. The molecule has 0 aliphatic carbocycles. The average Bonchev–Trinajstić information content (AvgIpc) is 2.65. The highest BCUT2D eigenvalue weighted by Gasteiger charge is 2.33. The van der Waals surface area contributed by atoms with Gasteiger partial charge in [-0.05, 0) is 17.9 Å². The van der Waals surface area contributed by atoms with Gasteiger partial charge in [-0.1, -0.05) is 55.9 Å². The summed E-state index contributed by atoms with van der Waals surface area (Å²) in [6.45, 7) is 3.86. The van der Waals surface area contributed by atoms with Gasteiger partial charge >= 0.3 is 5.97 Å². The zero-order chi connectivity index (χ0) is 20.7. The summed E-state index contributed by atoms with van der Waals surface area (Å²) >= 11 is 0.923. The third kappa shape index (κ3) is 5.91. The van der Waals surface area contributed by atoms with E-state index in [1.54, 1.807) is 30.3 Å². The fraction of sp³-hybridized carbons (Fsp3) is 0.421. The number of nitrogens with zero attached hydrogens (tertiary/aromatic N) is 1. The van der Waals surface area contributed by atoms with Crippen molar-refractivity contribution in [1.82, 2.24) is 10.6 Å². The van der Waals surface area contributed by atoms with Crippen molar-refractivity contribution in [3.8, 4) is 0 Å². The fourth-order valence-corrected chi connectivity index (χ4v) is 3.37. The standard InChI is InChI=1S/C19H23N3O5S/c1-11(2)9-13(18(26)27-3)20-14(23)10-28-19-21-16(24)15(17(25)22-19)12-7-5-4-6-8-12/h4-8,11,13,15H,9-10H2,1-3H3,(H,20,23)(H,21,22,24,25)/t13-/m1/s1. The van der Waals surface area contributed by atoms with Crippen LogP contribution in [0.4, 0.5) is 0 Å². The molecule has 3 amide bonds. The number of esters is 1. The number of carbonyl (C=O) groups is 4. The van der Waals surface area contributed by atoms with Crippen LogP contribution >= 0.6 is 11.8 Å². The Kier molecular flexibility index (Phi) is 7.74. The Balaban J connectivity index is 1.95. The Bertz CT molecular complexity index is 779. The Labute approximate surface area is 167 Å². The van der Waals surface area contributed by atoms with Crippen LogP contribution in [0.15, 0.2) is 35.3 Å². The van der Waals surface area contributed by atoms with Gasteiger partial charge in [0.1, 0.15) is 12.0 Å². The second kappa shape index (κ2) is 10.0. The van der Waals surface area contributed by atoms with E-state index in [0.29, 0.717) is 12.0 Å². The van der Waals surface area contributed by atoms with Crippen molar-refractivity contribution in [2.45, 2.75) is 32.2 Å². The Morgan fingerprint density at radius 2 is 1.93 bits per heavy atom. The molecule has 2 N–H and O–H groups in total. The lowest BCUT2D eigenvalue weighted by molar-refractivity contribution is -0.145. The molecule has 2 atom stereocenters. The van der Waals surface area contributed by atoms with Gasteiger partial charge in [0.2, 0.25) is 11.8 Å². The van der Waals surface area contributed by atoms with E-state index < -0.39 is 35.7 Å². The van der Waals surface area contributed by atoms with Gasteiger partial charge in [-0.3, -0.25) is 14.4 Å². The molecule has 9 heteroatoms. The minimum absolute atomic E-state index is 0.0656. The molecule has 0 saturated heterocycles. The van der Waals surface area contributed by atoms with Crippen molar-refractivity contribution in [3.05, 3.63) is 35.9 Å². The van der Waals surface area contributed by atoms with Crippen molar-refractivity contribution in [2.75, 3.05) is 12.9 Å². The quantitative estimate of drug-likeness (QED) is 0.521. The number of aliphatic imine (C=N–C) groups is 1. The maximum atomic E-state index is 12.3. The number of thioether (sulfide) groups is 1. The second-order valence-electron chi connectivity index (χ2n) is 6.65. The first-order chi connectivity index (χ1) is 13.3. The molecule has 0 bridgehead atoms. The van der Waals surface area contributed by atoms with Crippen LogP contribution in [0.25, 0.3) is 0 Å².